The number of carbonyl (C=O) groups is 2. The monoisotopic (exact) mass is 466 g/mol. The molecule has 0 radical (unpaired) electrons. The van der Waals surface area contributed by atoms with Gasteiger partial charge in [0.05, 0.1) is 27.6 Å². The van der Waals surface area contributed by atoms with Gasteiger partial charge in [0.2, 0.25) is 9.84 Å². The fraction of sp³-hybridized carbons (Fsp3) is 0.167. The lowest BCUT2D eigenvalue weighted by molar-refractivity contribution is 0.0947. The molecule has 0 atom stereocenters. The Hall–Kier alpha value is -3.16. The van der Waals surface area contributed by atoms with Crippen molar-refractivity contribution in [2.45, 2.75) is 35.2 Å². The molecule has 3 aromatic rings. The van der Waals surface area contributed by atoms with Crippen LogP contribution in [-0.4, -0.2) is 26.3 Å². The van der Waals surface area contributed by atoms with Crippen LogP contribution < -0.4 is 10.2 Å². The van der Waals surface area contributed by atoms with Crippen LogP contribution in [0.2, 0.25) is 5.02 Å². The Bertz CT molecular complexity index is 1350. The second-order valence-corrected chi connectivity index (χ2v) is 10.3. The highest BCUT2D eigenvalue weighted by Crippen LogP contribution is 2.38. The number of nitrogens with one attached hydrogen (secondary N) is 1. The third-order valence-corrected chi connectivity index (χ3v) is 7.73. The molecule has 5 rings (SSSR count). The highest BCUT2D eigenvalue weighted by Gasteiger charge is 2.36. The second-order valence-electron chi connectivity index (χ2n) is 7.95. The molecule has 1 saturated carbocycles. The Morgan fingerprint density at radius 2 is 1.72 bits per heavy atom. The van der Waals surface area contributed by atoms with E-state index >= 15 is 0 Å². The number of fused-ring (bicyclic) bond motifs is 2. The first-order valence-corrected chi connectivity index (χ1v) is 12.1. The summed E-state index contributed by atoms with van der Waals surface area (Å²) in [5, 5.41) is 3.46. The zero-order chi connectivity index (χ0) is 22.5. The maximum absolute atomic E-state index is 13.6. The SMILES string of the molecule is O=C(NC1CC1)c1ccc2c(c1)N(Cc1ccc(Cl)cc1)C(=O)c1ccccc1S2(=O)=O. The third-order valence-electron chi connectivity index (χ3n) is 5.62. The quantitative estimate of drug-likeness (QED) is 0.623. The number of hydrogen-bond acceptors (Lipinski definition) is 4. The predicted molar refractivity (Wildman–Crippen MR) is 121 cm³/mol. The average Bonchev–Trinajstić information content (AvgIpc) is 3.62. The van der Waals surface area contributed by atoms with E-state index in [0.29, 0.717) is 10.6 Å². The van der Waals surface area contributed by atoms with Crippen molar-refractivity contribution < 1.29 is 18.0 Å². The van der Waals surface area contributed by atoms with Gasteiger partial charge >= 0.3 is 0 Å². The van der Waals surface area contributed by atoms with Crippen LogP contribution >= 0.6 is 11.6 Å². The van der Waals surface area contributed by atoms with Crippen molar-refractivity contribution in [3.63, 3.8) is 0 Å². The van der Waals surface area contributed by atoms with Crippen molar-refractivity contribution in [1.29, 1.82) is 0 Å². The van der Waals surface area contributed by atoms with Gasteiger partial charge in [-0.3, -0.25) is 9.59 Å². The molecule has 0 aromatic heterocycles. The first-order chi connectivity index (χ1) is 15.3. The summed E-state index contributed by atoms with van der Waals surface area (Å²) in [6.07, 6.45) is 1.86. The lowest BCUT2D eigenvalue weighted by Gasteiger charge is -2.23. The molecule has 1 N–H and O–H groups in total. The molecular weight excluding hydrogens is 448 g/mol. The number of sulfone groups is 1. The maximum Gasteiger partial charge on any atom is 0.259 e. The van der Waals surface area contributed by atoms with Crippen molar-refractivity contribution in [3.05, 3.63) is 88.4 Å². The molecule has 1 aliphatic heterocycles. The van der Waals surface area contributed by atoms with Crippen molar-refractivity contribution in [2.24, 2.45) is 0 Å². The Labute approximate surface area is 190 Å². The number of nitrogens with zero attached hydrogens (tertiary/aromatic N) is 1. The van der Waals surface area contributed by atoms with E-state index in [1.807, 2.05) is 0 Å². The molecule has 0 saturated heterocycles. The van der Waals surface area contributed by atoms with Crippen LogP contribution in [0.3, 0.4) is 0 Å². The van der Waals surface area contributed by atoms with Gasteiger partial charge in [-0.1, -0.05) is 35.9 Å². The molecule has 0 unspecified atom stereocenters. The molecule has 32 heavy (non-hydrogen) atoms. The van der Waals surface area contributed by atoms with Gasteiger partial charge in [-0.25, -0.2) is 8.42 Å². The van der Waals surface area contributed by atoms with E-state index < -0.39 is 15.7 Å². The Balaban J connectivity index is 1.68. The molecule has 1 fully saturated rings. The molecule has 6 nitrogen and oxygen atoms in total. The molecule has 1 aliphatic carbocycles. The van der Waals surface area contributed by atoms with E-state index in [9.17, 15) is 18.0 Å². The summed E-state index contributed by atoms with van der Waals surface area (Å²) in [5.41, 5.74) is 1.37. The molecular formula is C24H19ClN2O4S. The fourth-order valence-corrected chi connectivity index (χ4v) is 5.53. The number of halogens is 1. The van der Waals surface area contributed by atoms with Gasteiger partial charge in [-0.05, 0) is 60.9 Å². The van der Waals surface area contributed by atoms with Crippen LogP contribution in [0, 0.1) is 0 Å². The summed E-state index contributed by atoms with van der Waals surface area (Å²) < 4.78 is 27.0. The predicted octanol–water partition coefficient (Wildman–Crippen LogP) is 4.23. The van der Waals surface area contributed by atoms with Crippen molar-refractivity contribution in [2.75, 3.05) is 4.90 Å². The minimum absolute atomic E-state index is 0.00673. The Morgan fingerprint density at radius 3 is 2.44 bits per heavy atom. The summed E-state index contributed by atoms with van der Waals surface area (Å²) in [4.78, 5) is 27.6. The molecule has 0 bridgehead atoms. The summed E-state index contributed by atoms with van der Waals surface area (Å²) in [6.45, 7) is 0.126. The van der Waals surface area contributed by atoms with E-state index in [1.54, 1.807) is 36.4 Å². The minimum atomic E-state index is -3.97. The van der Waals surface area contributed by atoms with E-state index in [1.165, 1.54) is 35.2 Å². The van der Waals surface area contributed by atoms with Crippen LogP contribution in [0.1, 0.15) is 39.1 Å². The van der Waals surface area contributed by atoms with Gasteiger partial charge in [0, 0.05) is 16.6 Å². The smallest absolute Gasteiger partial charge is 0.259 e. The summed E-state index contributed by atoms with van der Waals surface area (Å²) in [7, 11) is -3.97. The molecule has 2 amide bonds. The molecule has 8 heteroatoms. The first kappa shape index (κ1) is 20.7. The van der Waals surface area contributed by atoms with E-state index in [0.717, 1.165) is 18.4 Å². The fourth-order valence-electron chi connectivity index (χ4n) is 3.77. The summed E-state index contributed by atoms with van der Waals surface area (Å²) in [6, 6.07) is 17.7. The van der Waals surface area contributed by atoms with Gasteiger partial charge in [0.25, 0.3) is 11.8 Å². The Kier molecular flexibility index (Phi) is 5.03. The number of benzene rings is 3. The van der Waals surface area contributed by atoms with Crippen LogP contribution in [0.5, 0.6) is 0 Å². The first-order valence-electron chi connectivity index (χ1n) is 10.2. The average molecular weight is 467 g/mol. The normalized spacial score (nSPS) is 16.7. The molecule has 0 spiro atoms. The van der Waals surface area contributed by atoms with Crippen molar-refractivity contribution in [1.82, 2.24) is 5.32 Å². The van der Waals surface area contributed by atoms with E-state index in [2.05, 4.69) is 5.32 Å². The Morgan fingerprint density at radius 1 is 1.00 bits per heavy atom. The molecule has 2 aliphatic rings. The largest absolute Gasteiger partial charge is 0.349 e. The highest BCUT2D eigenvalue weighted by molar-refractivity contribution is 7.91. The van der Waals surface area contributed by atoms with Crippen LogP contribution in [0.4, 0.5) is 5.69 Å². The van der Waals surface area contributed by atoms with Crippen LogP contribution in [0.15, 0.2) is 76.5 Å². The van der Waals surface area contributed by atoms with Gasteiger partial charge in [0.15, 0.2) is 0 Å². The second kappa shape index (κ2) is 7.76. The highest BCUT2D eigenvalue weighted by atomic mass is 35.5. The topological polar surface area (TPSA) is 83.6 Å². The summed E-state index contributed by atoms with van der Waals surface area (Å²) >= 11 is 5.99. The number of amides is 2. The lowest BCUT2D eigenvalue weighted by Crippen LogP contribution is -2.31. The molecule has 3 aromatic carbocycles. The third kappa shape index (κ3) is 3.67. The van der Waals surface area contributed by atoms with E-state index in [-0.39, 0.29) is 39.5 Å². The van der Waals surface area contributed by atoms with Gasteiger partial charge < -0.3 is 10.2 Å². The minimum Gasteiger partial charge on any atom is -0.349 e. The van der Waals surface area contributed by atoms with Crippen LogP contribution in [-0.2, 0) is 16.4 Å². The maximum atomic E-state index is 13.6. The summed E-state index contributed by atoms with van der Waals surface area (Å²) in [5.74, 6) is -0.731. The van der Waals surface area contributed by atoms with Gasteiger partial charge in [0.1, 0.15) is 0 Å². The van der Waals surface area contributed by atoms with Gasteiger partial charge in [-0.2, -0.15) is 0 Å². The van der Waals surface area contributed by atoms with E-state index in [4.69, 9.17) is 11.6 Å². The zero-order valence-electron chi connectivity index (χ0n) is 16.9. The number of anilines is 1. The number of carbonyl (C=O) groups excluding carboxylic acids is 2. The number of hydrogen-bond donors (Lipinski definition) is 1. The zero-order valence-corrected chi connectivity index (χ0v) is 18.5. The standard InChI is InChI=1S/C24H19ClN2O4S/c25-17-8-5-15(6-9-17)14-27-20-13-16(23(28)26-18-10-11-18)7-12-22(20)32(30,31)21-4-2-1-3-19(21)24(27)29/h1-9,12-13,18H,10-11,14H2,(H,26,28). The van der Waals surface area contributed by atoms with Gasteiger partial charge in [-0.15, -0.1) is 0 Å². The molecule has 162 valence electrons. The van der Waals surface area contributed by atoms with Crippen molar-refractivity contribution >= 4 is 38.9 Å². The number of rotatable bonds is 4. The van der Waals surface area contributed by atoms with Crippen molar-refractivity contribution in [3.8, 4) is 0 Å². The lowest BCUT2D eigenvalue weighted by atomic mass is 10.1. The van der Waals surface area contributed by atoms with Crippen LogP contribution in [0.25, 0.3) is 0 Å². The molecule has 1 heterocycles.